The number of rotatable bonds is 9. The molecule has 0 aliphatic carbocycles. The number of nitro benzene ring substituents is 2. The number of hydrogen-bond acceptors (Lipinski definition) is 8. The molecule has 0 saturated heterocycles. The zero-order chi connectivity index (χ0) is 33.8. The van der Waals surface area contributed by atoms with Gasteiger partial charge in [0.25, 0.3) is 11.4 Å². The van der Waals surface area contributed by atoms with E-state index < -0.39 is 32.8 Å². The van der Waals surface area contributed by atoms with E-state index in [4.69, 9.17) is 9.98 Å². The predicted molar refractivity (Wildman–Crippen MR) is 180 cm³/mol. The van der Waals surface area contributed by atoms with E-state index in [1.807, 2.05) is 102 Å². The molecule has 0 radical (unpaired) electrons. The van der Waals surface area contributed by atoms with Gasteiger partial charge in [0.1, 0.15) is 23.6 Å². The number of phenolic OH excluding ortho intramolecular Hbond substituents is 2. The smallest absolute Gasteiger partial charge is 0.270 e. The average Bonchev–Trinajstić information content (AvgIpc) is 2.99. The Morgan fingerprint density at radius 3 is 1.22 bits per heavy atom. The molecule has 10 nitrogen and oxygen atoms in total. The summed E-state index contributed by atoms with van der Waals surface area (Å²) < 4.78 is 0. The van der Waals surface area contributed by atoms with Crippen molar-refractivity contribution in [2.24, 2.45) is 9.98 Å². The van der Waals surface area contributed by atoms with Crippen molar-refractivity contribution in [2.75, 3.05) is 0 Å². The van der Waals surface area contributed by atoms with E-state index in [1.165, 1.54) is 36.7 Å². The molecule has 0 saturated carbocycles. The van der Waals surface area contributed by atoms with Crippen molar-refractivity contribution in [3.63, 3.8) is 0 Å². The summed E-state index contributed by atoms with van der Waals surface area (Å²) in [6, 6.07) is 22.6. The van der Waals surface area contributed by atoms with Crippen molar-refractivity contribution in [1.82, 2.24) is 0 Å². The first-order valence-corrected chi connectivity index (χ1v) is 14.8. The summed E-state index contributed by atoms with van der Waals surface area (Å²) in [5, 5.41) is 46.0. The van der Waals surface area contributed by atoms with E-state index in [0.29, 0.717) is 11.1 Å². The Bertz CT molecular complexity index is 1660. The van der Waals surface area contributed by atoms with Gasteiger partial charge in [0.05, 0.1) is 9.85 Å². The molecule has 0 spiro atoms. The molecule has 0 aromatic heterocycles. The maximum absolute atomic E-state index is 11.8. The van der Waals surface area contributed by atoms with Crippen molar-refractivity contribution in [3.8, 4) is 11.5 Å². The topological polar surface area (TPSA) is 151 Å². The fraction of sp³-hybridized carbons (Fsp3) is 0.278. The Morgan fingerprint density at radius 1 is 0.609 bits per heavy atom. The van der Waals surface area contributed by atoms with Gasteiger partial charge in [-0.3, -0.25) is 30.2 Å². The summed E-state index contributed by atoms with van der Waals surface area (Å²) in [6.07, 6.45) is 2.84. The highest BCUT2D eigenvalue weighted by Gasteiger charge is 2.28. The Balaban J connectivity index is 1.93. The molecular weight excluding hydrogens is 584 g/mol. The molecule has 46 heavy (non-hydrogen) atoms. The minimum Gasteiger partial charge on any atom is -0.507 e. The normalized spacial score (nSPS) is 13.6. The molecule has 0 heterocycles. The molecular formula is C36H38N4O6. The van der Waals surface area contributed by atoms with Crippen molar-refractivity contribution in [2.45, 2.75) is 64.5 Å². The van der Waals surface area contributed by atoms with Gasteiger partial charge in [-0.1, -0.05) is 102 Å². The van der Waals surface area contributed by atoms with Gasteiger partial charge in [-0.05, 0) is 22.0 Å². The minimum atomic E-state index is -0.695. The second-order valence-electron chi connectivity index (χ2n) is 13.1. The minimum absolute atomic E-state index is 0.107. The summed E-state index contributed by atoms with van der Waals surface area (Å²) in [6.45, 7) is 11.1. The molecule has 0 aliphatic rings. The van der Waals surface area contributed by atoms with Crippen LogP contribution in [0.5, 0.6) is 11.5 Å². The van der Waals surface area contributed by atoms with E-state index in [1.54, 1.807) is 0 Å². The first-order chi connectivity index (χ1) is 21.6. The van der Waals surface area contributed by atoms with E-state index in [2.05, 4.69) is 0 Å². The van der Waals surface area contributed by atoms with Crippen molar-refractivity contribution < 1.29 is 20.1 Å². The zero-order valence-electron chi connectivity index (χ0n) is 26.7. The zero-order valence-corrected chi connectivity index (χ0v) is 26.7. The molecule has 2 atom stereocenters. The number of benzene rings is 4. The second kappa shape index (κ2) is 13.3. The molecule has 0 unspecified atom stereocenters. The number of nitro groups is 2. The number of nitrogens with zero attached hydrogens (tertiary/aromatic N) is 4. The van der Waals surface area contributed by atoms with Crippen LogP contribution >= 0.6 is 0 Å². The Labute approximate surface area is 268 Å². The summed E-state index contributed by atoms with van der Waals surface area (Å²) in [5.41, 5.74) is 1.21. The molecule has 0 fully saturated rings. The van der Waals surface area contributed by atoms with Crippen LogP contribution in [-0.4, -0.2) is 32.5 Å². The predicted octanol–water partition coefficient (Wildman–Crippen LogP) is 8.53. The van der Waals surface area contributed by atoms with Gasteiger partial charge >= 0.3 is 0 Å². The van der Waals surface area contributed by atoms with Crippen molar-refractivity contribution in [3.05, 3.63) is 139 Å². The van der Waals surface area contributed by atoms with Crippen LogP contribution in [-0.2, 0) is 10.8 Å². The molecule has 0 amide bonds. The lowest BCUT2D eigenvalue weighted by Gasteiger charge is -2.23. The molecule has 2 N–H and O–H groups in total. The van der Waals surface area contributed by atoms with Crippen LogP contribution in [0.25, 0.3) is 0 Å². The number of non-ortho nitro benzene ring substituents is 2. The fourth-order valence-corrected chi connectivity index (χ4v) is 5.15. The third-order valence-electron chi connectivity index (χ3n) is 7.62. The van der Waals surface area contributed by atoms with Crippen LogP contribution in [0.3, 0.4) is 0 Å². The monoisotopic (exact) mass is 622 g/mol. The van der Waals surface area contributed by atoms with Crippen molar-refractivity contribution >= 4 is 23.8 Å². The molecule has 4 aromatic carbocycles. The third-order valence-corrected chi connectivity index (χ3v) is 7.62. The van der Waals surface area contributed by atoms with Crippen molar-refractivity contribution in [1.29, 1.82) is 0 Å². The van der Waals surface area contributed by atoms with Crippen LogP contribution in [0.15, 0.2) is 94.9 Å². The van der Waals surface area contributed by atoms with E-state index in [9.17, 15) is 30.4 Å². The standard InChI is InChI=1S/C36H38N4O6/c1-35(2,3)29-19-27(39(43)44)17-25(33(29)41)21-37-31(23-13-9-7-10-14-23)32(24-15-11-8-12-16-24)38-22-26-18-28(40(45)46)20-30(34(26)42)36(4,5)6/h7-22,31-32,41-42H,1-6H3/t31-,32-/m1/s1. The van der Waals surface area contributed by atoms with Crippen LogP contribution in [0.4, 0.5) is 11.4 Å². The average molecular weight is 623 g/mol. The Kier molecular flexibility index (Phi) is 9.70. The van der Waals surface area contributed by atoms with E-state index in [0.717, 1.165) is 11.1 Å². The highest BCUT2D eigenvalue weighted by Crippen LogP contribution is 2.40. The van der Waals surface area contributed by atoms with Gasteiger partial charge in [-0.15, -0.1) is 0 Å². The highest BCUT2D eigenvalue weighted by molar-refractivity contribution is 5.87. The fourth-order valence-electron chi connectivity index (χ4n) is 5.15. The van der Waals surface area contributed by atoms with Gasteiger partial charge in [0, 0.05) is 58.9 Å². The van der Waals surface area contributed by atoms with E-state index >= 15 is 0 Å². The summed E-state index contributed by atoms with van der Waals surface area (Å²) in [7, 11) is 0. The summed E-state index contributed by atoms with van der Waals surface area (Å²) in [4.78, 5) is 32.3. The van der Waals surface area contributed by atoms with Crippen LogP contribution in [0.2, 0.25) is 0 Å². The number of hydrogen-bond donors (Lipinski definition) is 2. The number of phenols is 2. The largest absolute Gasteiger partial charge is 0.507 e. The molecule has 10 heteroatoms. The van der Waals surface area contributed by atoms with Crippen LogP contribution in [0.1, 0.15) is 87.0 Å². The lowest BCUT2D eigenvalue weighted by molar-refractivity contribution is -0.385. The molecule has 4 rings (SSSR count). The Morgan fingerprint density at radius 2 is 0.935 bits per heavy atom. The number of aliphatic imine (C=N–C) groups is 2. The lowest BCUT2D eigenvalue weighted by atomic mass is 9.85. The Hall–Kier alpha value is -5.38. The highest BCUT2D eigenvalue weighted by atomic mass is 16.6. The van der Waals surface area contributed by atoms with E-state index in [-0.39, 0.29) is 34.0 Å². The third kappa shape index (κ3) is 7.63. The molecule has 0 bridgehead atoms. The lowest BCUT2D eigenvalue weighted by Crippen LogP contribution is -2.13. The molecule has 4 aromatic rings. The first-order valence-electron chi connectivity index (χ1n) is 14.8. The molecule has 238 valence electrons. The van der Waals surface area contributed by atoms with Gasteiger partial charge in [-0.25, -0.2) is 0 Å². The van der Waals surface area contributed by atoms with Gasteiger partial charge in [0.2, 0.25) is 0 Å². The SMILES string of the molecule is CC(C)(C)c1cc([N+](=O)[O-])cc(C=N[C@H](c2ccccc2)[C@H](N=Cc2cc([N+](=O)[O-])cc(C(C)(C)C)c2O)c2ccccc2)c1O. The number of aromatic hydroxyl groups is 2. The second-order valence-corrected chi connectivity index (χ2v) is 13.1. The van der Waals surface area contributed by atoms with Gasteiger partial charge in [-0.2, -0.15) is 0 Å². The first kappa shape index (κ1) is 33.5. The van der Waals surface area contributed by atoms with Crippen LogP contribution < -0.4 is 0 Å². The summed E-state index contributed by atoms with van der Waals surface area (Å²) in [5.74, 6) is -0.214. The van der Waals surface area contributed by atoms with Gasteiger partial charge < -0.3 is 10.2 Å². The van der Waals surface area contributed by atoms with Gasteiger partial charge in [0.15, 0.2) is 0 Å². The maximum Gasteiger partial charge on any atom is 0.270 e. The maximum atomic E-state index is 11.8. The molecule has 0 aliphatic heterocycles. The quantitative estimate of drug-likeness (QED) is 0.108. The summed E-state index contributed by atoms with van der Waals surface area (Å²) >= 11 is 0. The van der Waals surface area contributed by atoms with Crippen LogP contribution in [0, 0.1) is 20.2 Å².